The second-order valence-corrected chi connectivity index (χ2v) is 7.38. The largest absolute Gasteiger partial charge is 0.492 e. The van der Waals surface area contributed by atoms with Gasteiger partial charge in [-0.2, -0.15) is 0 Å². The van der Waals surface area contributed by atoms with Gasteiger partial charge in [0.25, 0.3) is 0 Å². The van der Waals surface area contributed by atoms with Gasteiger partial charge in [0.15, 0.2) is 5.43 Å². The van der Waals surface area contributed by atoms with Gasteiger partial charge in [0.1, 0.15) is 11.3 Å². The van der Waals surface area contributed by atoms with Crippen LogP contribution in [0.5, 0.6) is 5.75 Å². The van der Waals surface area contributed by atoms with Crippen LogP contribution in [0, 0.1) is 0 Å². The molecule has 0 saturated carbocycles. The third-order valence-corrected chi connectivity index (χ3v) is 5.55. The molecule has 3 heterocycles. The number of carbonyl (C=O) groups is 1. The Morgan fingerprint density at radius 3 is 2.89 bits per heavy atom. The summed E-state index contributed by atoms with van der Waals surface area (Å²) >= 11 is 6.45. The van der Waals surface area contributed by atoms with Crippen molar-refractivity contribution in [2.24, 2.45) is 0 Å². The number of nitrogens with zero attached hydrogens (tertiary/aromatic N) is 2. The summed E-state index contributed by atoms with van der Waals surface area (Å²) in [5, 5.41) is 11.9. The van der Waals surface area contributed by atoms with E-state index in [1.807, 2.05) is 12.1 Å². The van der Waals surface area contributed by atoms with E-state index in [4.69, 9.17) is 21.1 Å². The molecule has 1 atom stereocenters. The number of fused-ring (bicyclic) bond motifs is 6. The van der Waals surface area contributed by atoms with Crippen LogP contribution in [0.4, 0.5) is 0 Å². The number of carboxylic acid groups (broad SMARTS) is 1. The van der Waals surface area contributed by atoms with E-state index < -0.39 is 11.4 Å². The number of methoxy groups -OCH3 is 1. The number of aromatic carboxylic acids is 1. The van der Waals surface area contributed by atoms with Crippen molar-refractivity contribution in [1.82, 2.24) is 4.68 Å². The van der Waals surface area contributed by atoms with Gasteiger partial charge in [-0.05, 0) is 30.5 Å². The maximum absolute atomic E-state index is 12.3. The molecule has 2 aromatic rings. The third-order valence-electron chi connectivity index (χ3n) is 5.25. The highest BCUT2D eigenvalue weighted by Crippen LogP contribution is 2.45. The summed E-state index contributed by atoms with van der Waals surface area (Å²) in [6.45, 7) is 1.89. The normalized spacial score (nSPS) is 17.1. The minimum Gasteiger partial charge on any atom is -0.492 e. The van der Waals surface area contributed by atoms with Gasteiger partial charge < -0.3 is 19.6 Å². The van der Waals surface area contributed by atoms with Crippen molar-refractivity contribution in [2.75, 3.05) is 31.9 Å². The van der Waals surface area contributed by atoms with Gasteiger partial charge in [0, 0.05) is 44.5 Å². The molecule has 2 aliphatic rings. The number of benzene rings is 1. The Balaban J connectivity index is 1.80. The summed E-state index contributed by atoms with van der Waals surface area (Å²) < 4.78 is 12.7. The Kier molecular flexibility index (Phi) is 5.03. The molecule has 8 heteroatoms. The van der Waals surface area contributed by atoms with Crippen LogP contribution >= 0.6 is 11.6 Å². The number of carboxylic acids is 1. The van der Waals surface area contributed by atoms with E-state index in [1.54, 1.807) is 11.8 Å². The van der Waals surface area contributed by atoms with E-state index in [9.17, 15) is 14.7 Å². The van der Waals surface area contributed by atoms with E-state index in [0.29, 0.717) is 29.7 Å². The van der Waals surface area contributed by atoms with Crippen molar-refractivity contribution in [3.63, 3.8) is 0 Å². The van der Waals surface area contributed by atoms with E-state index in [0.717, 1.165) is 36.9 Å². The summed E-state index contributed by atoms with van der Waals surface area (Å²) in [7, 11) is 1.65. The first kappa shape index (κ1) is 18.8. The molecule has 28 heavy (non-hydrogen) atoms. The Bertz CT molecular complexity index is 987. The fourth-order valence-corrected chi connectivity index (χ4v) is 4.20. The standard InChI is InChI=1S/C20H21ClN2O5/c1-27-6-3-7-28-19-9-13-12(8-15(19)21)17-10-18(24)14(20(25)26)11-23(17)22-5-2-4-16(13)22/h8-11,16H,2-7H2,1H3,(H,25,26)/t16-/m0/s1. The SMILES string of the molecule is COCCCOc1cc2c(cc1Cl)-c1cc(=O)c(C(=O)O)cn1N1CCC[C@@H]21. The second kappa shape index (κ2) is 7.48. The molecule has 0 bridgehead atoms. The molecule has 1 aromatic heterocycles. The highest BCUT2D eigenvalue weighted by Gasteiger charge is 2.35. The first-order valence-electron chi connectivity index (χ1n) is 9.23. The Morgan fingerprint density at radius 2 is 2.14 bits per heavy atom. The minimum absolute atomic E-state index is 0.0882. The van der Waals surface area contributed by atoms with Crippen molar-refractivity contribution in [2.45, 2.75) is 25.3 Å². The van der Waals surface area contributed by atoms with Crippen molar-refractivity contribution < 1.29 is 19.4 Å². The van der Waals surface area contributed by atoms with Crippen LogP contribution in [-0.4, -0.2) is 42.6 Å². The van der Waals surface area contributed by atoms with E-state index >= 15 is 0 Å². The van der Waals surface area contributed by atoms with Crippen molar-refractivity contribution >= 4 is 17.6 Å². The molecule has 1 fully saturated rings. The van der Waals surface area contributed by atoms with Crippen molar-refractivity contribution in [3.8, 4) is 17.0 Å². The van der Waals surface area contributed by atoms with Gasteiger partial charge in [-0.25, -0.2) is 4.79 Å². The fourth-order valence-electron chi connectivity index (χ4n) is 3.99. The number of hydrogen-bond donors (Lipinski definition) is 1. The number of halogens is 1. The zero-order valence-corrected chi connectivity index (χ0v) is 16.2. The number of rotatable bonds is 6. The average Bonchev–Trinajstić information content (AvgIpc) is 3.15. The number of pyridine rings is 1. The molecule has 1 aromatic carbocycles. The molecule has 0 radical (unpaired) electrons. The Labute approximate surface area is 167 Å². The highest BCUT2D eigenvalue weighted by atomic mass is 35.5. The zero-order valence-electron chi connectivity index (χ0n) is 15.5. The summed E-state index contributed by atoms with van der Waals surface area (Å²) in [5.74, 6) is -0.610. The monoisotopic (exact) mass is 404 g/mol. The second-order valence-electron chi connectivity index (χ2n) is 6.97. The molecule has 4 rings (SSSR count). The van der Waals surface area contributed by atoms with E-state index in [-0.39, 0.29) is 11.6 Å². The van der Waals surface area contributed by atoms with Gasteiger partial charge in [0.05, 0.1) is 23.4 Å². The molecule has 0 aliphatic carbocycles. The van der Waals surface area contributed by atoms with Crippen molar-refractivity contribution in [1.29, 1.82) is 0 Å². The maximum Gasteiger partial charge on any atom is 0.341 e. The number of ether oxygens (including phenoxy) is 2. The van der Waals surface area contributed by atoms with Crippen LogP contribution < -0.4 is 15.2 Å². The van der Waals surface area contributed by atoms with Gasteiger partial charge in [-0.1, -0.05) is 11.6 Å². The summed E-state index contributed by atoms with van der Waals surface area (Å²) in [6, 6.07) is 5.23. The lowest BCUT2D eigenvalue weighted by molar-refractivity contribution is 0.0694. The molecule has 0 spiro atoms. The molecular weight excluding hydrogens is 384 g/mol. The smallest absolute Gasteiger partial charge is 0.341 e. The lowest BCUT2D eigenvalue weighted by Gasteiger charge is -2.37. The molecule has 0 unspecified atom stereocenters. The highest BCUT2D eigenvalue weighted by molar-refractivity contribution is 6.32. The van der Waals surface area contributed by atoms with Crippen molar-refractivity contribution in [3.05, 3.63) is 50.8 Å². The lowest BCUT2D eigenvalue weighted by atomic mass is 9.94. The topological polar surface area (TPSA) is 81.0 Å². The van der Waals surface area contributed by atoms with Crippen LogP contribution in [-0.2, 0) is 4.74 Å². The summed E-state index contributed by atoms with van der Waals surface area (Å²) in [6.07, 6.45) is 4.09. The van der Waals surface area contributed by atoms with Crippen LogP contribution in [0.15, 0.2) is 29.2 Å². The van der Waals surface area contributed by atoms with Crippen LogP contribution in [0.3, 0.4) is 0 Å². The Hall–Kier alpha value is -2.51. The van der Waals surface area contributed by atoms with Gasteiger partial charge in [-0.15, -0.1) is 0 Å². The van der Waals surface area contributed by atoms with Crippen LogP contribution in [0.2, 0.25) is 5.02 Å². The lowest BCUT2D eigenvalue weighted by Crippen LogP contribution is -2.39. The van der Waals surface area contributed by atoms with Gasteiger partial charge >= 0.3 is 5.97 Å². The predicted molar refractivity (Wildman–Crippen MR) is 105 cm³/mol. The van der Waals surface area contributed by atoms with Crippen LogP contribution in [0.25, 0.3) is 11.3 Å². The van der Waals surface area contributed by atoms with E-state index in [2.05, 4.69) is 5.01 Å². The molecule has 1 saturated heterocycles. The molecule has 7 nitrogen and oxygen atoms in total. The fraction of sp³-hybridized carbons (Fsp3) is 0.400. The quantitative estimate of drug-likeness (QED) is 0.745. The molecule has 0 amide bonds. The number of aromatic nitrogens is 1. The Morgan fingerprint density at radius 1 is 1.32 bits per heavy atom. The maximum atomic E-state index is 12.3. The minimum atomic E-state index is -1.22. The van der Waals surface area contributed by atoms with E-state index in [1.165, 1.54) is 12.3 Å². The molecule has 1 N–H and O–H groups in total. The molecule has 2 aliphatic heterocycles. The first-order chi connectivity index (χ1) is 13.5. The average molecular weight is 405 g/mol. The van der Waals surface area contributed by atoms with Gasteiger partial charge in [-0.3, -0.25) is 9.47 Å². The zero-order chi connectivity index (χ0) is 19.8. The van der Waals surface area contributed by atoms with Gasteiger partial charge in [0.2, 0.25) is 0 Å². The summed E-state index contributed by atoms with van der Waals surface area (Å²) in [5.41, 5.74) is 1.79. The summed E-state index contributed by atoms with van der Waals surface area (Å²) in [4.78, 5) is 23.7. The first-order valence-corrected chi connectivity index (χ1v) is 9.61. The van der Waals surface area contributed by atoms with Crippen LogP contribution in [0.1, 0.15) is 41.2 Å². The molecule has 148 valence electrons. The predicted octanol–water partition coefficient (Wildman–Crippen LogP) is 3.07. The molecular formula is C20H21ClN2O5. The number of hydrogen-bond acceptors (Lipinski definition) is 5. The third kappa shape index (κ3) is 3.14.